The monoisotopic (exact) mass is 445 g/mol. The third kappa shape index (κ3) is 5.38. The Bertz CT molecular complexity index is 887. The van der Waals surface area contributed by atoms with Crippen LogP contribution in [0.15, 0.2) is 45.8 Å². The van der Waals surface area contributed by atoms with Crippen LogP contribution in [0.25, 0.3) is 0 Å². The van der Waals surface area contributed by atoms with E-state index in [1.54, 1.807) is 0 Å². The Morgan fingerprint density at radius 2 is 1.72 bits per heavy atom. The second-order valence-electron chi connectivity index (χ2n) is 4.71. The van der Waals surface area contributed by atoms with Gasteiger partial charge >= 0.3 is 6.36 Å². The fraction of sp³-hybridized carbons (Fsp3) is 0.143. The molecule has 0 bridgehead atoms. The second kappa shape index (κ2) is 7.26. The number of hydrogen-bond donors (Lipinski definition) is 1. The first-order valence-corrected chi connectivity index (χ1v) is 8.74. The molecule has 0 aliphatic rings. The number of benzene rings is 2. The molecular weight excluding hydrogens is 437 g/mol. The van der Waals surface area contributed by atoms with Crippen LogP contribution in [0.3, 0.4) is 0 Å². The molecule has 4 nitrogen and oxygen atoms in total. The lowest BCUT2D eigenvalue weighted by molar-refractivity contribution is -0.275. The van der Waals surface area contributed by atoms with E-state index in [1.165, 1.54) is 6.07 Å². The summed E-state index contributed by atoms with van der Waals surface area (Å²) in [5, 5.41) is 0. The van der Waals surface area contributed by atoms with E-state index in [0.717, 1.165) is 30.3 Å². The minimum Gasteiger partial charge on any atom is -0.404 e. The number of halogens is 6. The summed E-state index contributed by atoms with van der Waals surface area (Å²) in [6.45, 7) is -0.457. The van der Waals surface area contributed by atoms with E-state index >= 15 is 0 Å². The normalized spacial score (nSPS) is 12.2. The summed E-state index contributed by atoms with van der Waals surface area (Å²) >= 11 is 2.92. The highest BCUT2D eigenvalue weighted by atomic mass is 79.9. The van der Waals surface area contributed by atoms with Crippen molar-refractivity contribution in [1.82, 2.24) is 4.72 Å². The molecule has 136 valence electrons. The molecule has 0 aromatic heterocycles. The Labute approximate surface area is 147 Å². The van der Waals surface area contributed by atoms with Crippen molar-refractivity contribution in [3.63, 3.8) is 0 Å². The maximum atomic E-state index is 13.1. The Morgan fingerprint density at radius 3 is 2.32 bits per heavy atom. The zero-order valence-corrected chi connectivity index (χ0v) is 14.5. The van der Waals surface area contributed by atoms with Crippen molar-refractivity contribution < 1.29 is 35.1 Å². The zero-order chi connectivity index (χ0) is 18.8. The van der Waals surface area contributed by atoms with Crippen LogP contribution in [0, 0.1) is 11.6 Å². The zero-order valence-electron chi connectivity index (χ0n) is 12.1. The molecule has 0 aliphatic carbocycles. The van der Waals surface area contributed by atoms with E-state index in [2.05, 4.69) is 20.7 Å². The number of sulfonamides is 1. The summed E-state index contributed by atoms with van der Waals surface area (Å²) in [5.74, 6) is -3.22. The molecule has 11 heteroatoms. The first-order valence-electron chi connectivity index (χ1n) is 6.47. The number of ether oxygens (including phenoxy) is 1. The number of hydrogen-bond acceptors (Lipinski definition) is 3. The largest absolute Gasteiger partial charge is 0.573 e. The van der Waals surface area contributed by atoms with E-state index in [9.17, 15) is 30.4 Å². The quantitative estimate of drug-likeness (QED) is 0.704. The first-order chi connectivity index (χ1) is 11.5. The van der Waals surface area contributed by atoms with Crippen LogP contribution in [0.2, 0.25) is 0 Å². The Balaban J connectivity index is 2.28. The molecule has 0 unspecified atom stereocenters. The van der Waals surface area contributed by atoms with Crippen LogP contribution in [0.5, 0.6) is 5.75 Å². The molecule has 2 rings (SSSR count). The molecule has 0 fully saturated rings. The molecule has 0 amide bonds. The predicted octanol–water partition coefficient (Wildman–Crippen LogP) is 4.10. The lowest BCUT2D eigenvalue weighted by Crippen LogP contribution is -2.25. The third-order valence-electron chi connectivity index (χ3n) is 2.87. The van der Waals surface area contributed by atoms with Crippen LogP contribution in [-0.2, 0) is 16.6 Å². The molecule has 0 aliphatic heterocycles. The summed E-state index contributed by atoms with van der Waals surface area (Å²) in [4.78, 5) is -0.754. The third-order valence-corrected chi connectivity index (χ3v) is 4.81. The number of nitrogens with one attached hydrogen (secondary N) is 1. The van der Waals surface area contributed by atoms with Gasteiger partial charge in [-0.1, -0.05) is 22.0 Å². The van der Waals surface area contributed by atoms with E-state index in [4.69, 9.17) is 0 Å². The van der Waals surface area contributed by atoms with Crippen molar-refractivity contribution in [2.75, 3.05) is 0 Å². The maximum Gasteiger partial charge on any atom is 0.573 e. The molecule has 1 N–H and O–H groups in total. The SMILES string of the molecule is O=S(=O)(NCc1ccc(F)c(F)c1)c1ccc(Br)cc1OC(F)(F)F. The maximum absolute atomic E-state index is 13.1. The number of alkyl halides is 3. The van der Waals surface area contributed by atoms with Gasteiger partial charge in [0.05, 0.1) is 0 Å². The molecule has 2 aromatic rings. The highest BCUT2D eigenvalue weighted by Crippen LogP contribution is 2.32. The molecule has 25 heavy (non-hydrogen) atoms. The van der Waals surface area contributed by atoms with E-state index in [1.807, 2.05) is 4.72 Å². The highest BCUT2D eigenvalue weighted by Gasteiger charge is 2.34. The molecule has 0 spiro atoms. The van der Waals surface area contributed by atoms with E-state index < -0.39 is 45.2 Å². The Kier molecular flexibility index (Phi) is 5.69. The van der Waals surface area contributed by atoms with Crippen molar-refractivity contribution in [3.05, 3.63) is 58.1 Å². The molecule has 0 saturated heterocycles. The van der Waals surface area contributed by atoms with Gasteiger partial charge in [0.25, 0.3) is 0 Å². The Hall–Kier alpha value is -1.72. The van der Waals surface area contributed by atoms with Crippen molar-refractivity contribution in [2.24, 2.45) is 0 Å². The predicted molar refractivity (Wildman–Crippen MR) is 81.2 cm³/mol. The first kappa shape index (κ1) is 19.6. The van der Waals surface area contributed by atoms with Gasteiger partial charge in [-0.25, -0.2) is 21.9 Å². The second-order valence-corrected chi connectivity index (χ2v) is 7.36. The minimum absolute atomic E-state index is 0.0814. The molecular formula is C14H9BrF5NO3S. The summed E-state index contributed by atoms with van der Waals surface area (Å²) in [6.07, 6.45) is -5.09. The average Bonchev–Trinajstić information content (AvgIpc) is 2.46. The van der Waals surface area contributed by atoms with Crippen molar-refractivity contribution in [3.8, 4) is 5.75 Å². The summed E-state index contributed by atoms with van der Waals surface area (Å²) in [6, 6.07) is 5.69. The van der Waals surface area contributed by atoms with Crippen LogP contribution >= 0.6 is 15.9 Å². The lowest BCUT2D eigenvalue weighted by atomic mass is 10.2. The van der Waals surface area contributed by atoms with Gasteiger partial charge in [0.1, 0.15) is 4.90 Å². The van der Waals surface area contributed by atoms with Crippen molar-refractivity contribution in [1.29, 1.82) is 0 Å². The van der Waals surface area contributed by atoms with Gasteiger partial charge in [-0.3, -0.25) is 0 Å². The van der Waals surface area contributed by atoms with Crippen LogP contribution in [0.1, 0.15) is 5.56 Å². The summed E-state index contributed by atoms with van der Waals surface area (Å²) in [7, 11) is -4.41. The van der Waals surface area contributed by atoms with Crippen LogP contribution in [-0.4, -0.2) is 14.8 Å². The standard InChI is InChI=1S/C14H9BrF5NO3S/c15-9-2-4-13(12(6-9)24-14(18,19)20)25(22,23)21-7-8-1-3-10(16)11(17)5-8/h1-6,21H,7H2. The van der Waals surface area contributed by atoms with E-state index in [-0.39, 0.29) is 10.0 Å². The topological polar surface area (TPSA) is 55.4 Å². The lowest BCUT2D eigenvalue weighted by Gasteiger charge is -2.14. The molecule has 0 saturated carbocycles. The van der Waals surface area contributed by atoms with Crippen molar-refractivity contribution >= 4 is 26.0 Å². The van der Waals surface area contributed by atoms with Gasteiger partial charge in [-0.2, -0.15) is 0 Å². The summed E-state index contributed by atoms with van der Waals surface area (Å²) < 4.78 is 93.7. The van der Waals surface area contributed by atoms with Gasteiger partial charge in [-0.15, -0.1) is 13.2 Å². The van der Waals surface area contributed by atoms with Gasteiger partial charge in [0.2, 0.25) is 10.0 Å². The number of rotatable bonds is 5. The van der Waals surface area contributed by atoms with Gasteiger partial charge < -0.3 is 4.74 Å². The average molecular weight is 446 g/mol. The molecule has 0 heterocycles. The molecule has 0 radical (unpaired) electrons. The van der Waals surface area contributed by atoms with Gasteiger partial charge in [-0.05, 0) is 35.9 Å². The van der Waals surface area contributed by atoms with Gasteiger partial charge in [0.15, 0.2) is 17.4 Å². The fourth-order valence-electron chi connectivity index (χ4n) is 1.81. The smallest absolute Gasteiger partial charge is 0.404 e. The molecule has 0 atom stereocenters. The van der Waals surface area contributed by atoms with E-state index in [0.29, 0.717) is 0 Å². The molecule has 2 aromatic carbocycles. The Morgan fingerprint density at radius 1 is 1.04 bits per heavy atom. The summed E-state index contributed by atoms with van der Waals surface area (Å²) in [5.41, 5.74) is 0.0814. The van der Waals surface area contributed by atoms with Crippen molar-refractivity contribution in [2.45, 2.75) is 17.8 Å². The van der Waals surface area contributed by atoms with Crippen LogP contribution < -0.4 is 9.46 Å². The highest BCUT2D eigenvalue weighted by molar-refractivity contribution is 9.10. The van der Waals surface area contributed by atoms with Gasteiger partial charge in [0, 0.05) is 11.0 Å². The minimum atomic E-state index is -5.09. The fourth-order valence-corrected chi connectivity index (χ4v) is 3.28. The van der Waals surface area contributed by atoms with Crippen LogP contribution in [0.4, 0.5) is 22.0 Å².